The van der Waals surface area contributed by atoms with E-state index in [2.05, 4.69) is 32.0 Å². The number of carboxylic acid groups (broad SMARTS) is 1. The second-order valence-corrected chi connectivity index (χ2v) is 6.77. The maximum Gasteiger partial charge on any atom is 0.409 e. The first-order valence-corrected chi connectivity index (χ1v) is 9.27. The molecule has 0 atom stereocenters. The third kappa shape index (κ3) is 4.17. The largest absolute Gasteiger partial charge is 0.465 e. The number of carbonyl (C=O) groups is 1. The molecule has 0 aliphatic rings. The van der Waals surface area contributed by atoms with Crippen LogP contribution in [0.4, 0.5) is 21.9 Å². The van der Waals surface area contributed by atoms with Gasteiger partial charge in [0.1, 0.15) is 11.8 Å². The summed E-state index contributed by atoms with van der Waals surface area (Å²) >= 11 is 5.72. The summed E-state index contributed by atoms with van der Waals surface area (Å²) in [5.74, 6) is 0.837. The molecule has 4 aromatic rings. The molecule has 0 spiro atoms. The van der Waals surface area contributed by atoms with Crippen LogP contribution in [0.3, 0.4) is 0 Å². The Hall–Kier alpha value is -4.36. The van der Waals surface area contributed by atoms with Crippen LogP contribution in [0, 0.1) is 18.3 Å². The van der Waals surface area contributed by atoms with E-state index in [0.717, 1.165) is 0 Å². The summed E-state index contributed by atoms with van der Waals surface area (Å²) in [5.41, 5.74) is 3.10. The number of rotatable bonds is 5. The third-order valence-corrected chi connectivity index (χ3v) is 4.57. The molecule has 1 amide bonds. The van der Waals surface area contributed by atoms with Gasteiger partial charge >= 0.3 is 6.09 Å². The second-order valence-electron chi connectivity index (χ2n) is 6.38. The Bertz CT molecular complexity index is 1310. The zero-order valence-corrected chi connectivity index (χ0v) is 16.8. The van der Waals surface area contributed by atoms with E-state index in [1.54, 1.807) is 49.5 Å². The predicted octanol–water partition coefficient (Wildman–Crippen LogP) is 4.58. The van der Waals surface area contributed by atoms with Crippen LogP contribution in [0.1, 0.15) is 11.1 Å². The van der Waals surface area contributed by atoms with Gasteiger partial charge in [-0.25, -0.2) is 9.31 Å². The molecule has 4 rings (SSSR count). The van der Waals surface area contributed by atoms with Crippen molar-refractivity contribution >= 4 is 40.3 Å². The first-order valence-electron chi connectivity index (χ1n) is 8.90. The van der Waals surface area contributed by atoms with Crippen molar-refractivity contribution in [3.63, 3.8) is 0 Å². The fourth-order valence-corrected chi connectivity index (χ4v) is 3.07. The minimum Gasteiger partial charge on any atom is -0.465 e. The minimum absolute atomic E-state index is 0.270. The standard InChI is InChI=1S/C20H14ClN7O3/c1-11-15(25-20(29)30)10-28-19(11)18(12(8-22)9-23-28)24-13-2-4-14(5-3-13)31-17-7-6-16(21)26-27-17/h2-7,9-10,24-25H,1H3,(H,29,30). The quantitative estimate of drug-likeness (QED) is 0.414. The van der Waals surface area contributed by atoms with E-state index in [0.29, 0.717) is 45.3 Å². The van der Waals surface area contributed by atoms with E-state index in [1.165, 1.54) is 10.7 Å². The number of nitriles is 1. The summed E-state index contributed by atoms with van der Waals surface area (Å²) in [6, 6.07) is 12.3. The highest BCUT2D eigenvalue weighted by atomic mass is 35.5. The number of halogens is 1. The van der Waals surface area contributed by atoms with Crippen molar-refractivity contribution in [1.82, 2.24) is 19.8 Å². The van der Waals surface area contributed by atoms with E-state index in [-0.39, 0.29) is 5.15 Å². The van der Waals surface area contributed by atoms with E-state index in [4.69, 9.17) is 21.4 Å². The lowest BCUT2D eigenvalue weighted by Crippen LogP contribution is -2.07. The van der Waals surface area contributed by atoms with E-state index in [1.807, 2.05) is 0 Å². The van der Waals surface area contributed by atoms with Crippen molar-refractivity contribution in [2.45, 2.75) is 6.92 Å². The predicted molar refractivity (Wildman–Crippen MR) is 113 cm³/mol. The van der Waals surface area contributed by atoms with Gasteiger partial charge < -0.3 is 15.2 Å². The molecule has 0 unspecified atom stereocenters. The molecular weight excluding hydrogens is 422 g/mol. The number of hydrogen-bond acceptors (Lipinski definition) is 7. The third-order valence-electron chi connectivity index (χ3n) is 4.37. The highest BCUT2D eigenvalue weighted by Gasteiger charge is 2.17. The molecule has 0 saturated heterocycles. The van der Waals surface area contributed by atoms with Crippen LogP contribution in [0.15, 0.2) is 48.8 Å². The molecule has 1 aromatic carbocycles. The van der Waals surface area contributed by atoms with Crippen molar-refractivity contribution in [2.24, 2.45) is 0 Å². The number of benzene rings is 1. The number of aromatic nitrogens is 4. The molecule has 3 N–H and O–H groups in total. The van der Waals surface area contributed by atoms with Gasteiger partial charge in [-0.15, -0.1) is 10.2 Å². The van der Waals surface area contributed by atoms with Crippen LogP contribution in [0.25, 0.3) is 5.52 Å². The Morgan fingerprint density at radius 1 is 1.23 bits per heavy atom. The summed E-state index contributed by atoms with van der Waals surface area (Å²) < 4.78 is 7.14. The summed E-state index contributed by atoms with van der Waals surface area (Å²) in [5, 5.41) is 36.1. The van der Waals surface area contributed by atoms with E-state index < -0.39 is 6.09 Å². The molecule has 3 heterocycles. The maximum absolute atomic E-state index is 11.0. The number of aryl methyl sites for hydroxylation is 1. The Morgan fingerprint density at radius 3 is 2.65 bits per heavy atom. The molecule has 0 bridgehead atoms. The lowest BCUT2D eigenvalue weighted by atomic mass is 10.1. The molecule has 0 saturated carbocycles. The van der Waals surface area contributed by atoms with Crippen molar-refractivity contribution < 1.29 is 14.6 Å². The highest BCUT2D eigenvalue weighted by molar-refractivity contribution is 6.29. The van der Waals surface area contributed by atoms with Gasteiger partial charge in [0.2, 0.25) is 5.88 Å². The Balaban J connectivity index is 1.64. The maximum atomic E-state index is 11.0. The van der Waals surface area contributed by atoms with Gasteiger partial charge in [0.05, 0.1) is 34.8 Å². The number of ether oxygens (including phenoxy) is 1. The SMILES string of the molecule is Cc1c(NC(=O)O)cn2ncc(C#N)c(Nc3ccc(Oc4ccc(Cl)nn4)cc3)c12. The molecule has 31 heavy (non-hydrogen) atoms. The van der Waals surface area contributed by atoms with Crippen LogP contribution in [-0.2, 0) is 0 Å². The van der Waals surface area contributed by atoms with E-state index in [9.17, 15) is 10.1 Å². The van der Waals surface area contributed by atoms with Gasteiger partial charge in [0.15, 0.2) is 5.15 Å². The lowest BCUT2D eigenvalue weighted by Gasteiger charge is -2.12. The average Bonchev–Trinajstić information content (AvgIpc) is 3.06. The van der Waals surface area contributed by atoms with Gasteiger partial charge in [-0.2, -0.15) is 10.4 Å². The molecular formula is C20H14ClN7O3. The Morgan fingerprint density at radius 2 is 2.00 bits per heavy atom. The Kier molecular flexibility index (Phi) is 5.26. The molecule has 3 aromatic heterocycles. The van der Waals surface area contributed by atoms with E-state index >= 15 is 0 Å². The van der Waals surface area contributed by atoms with Crippen LogP contribution in [0.5, 0.6) is 11.6 Å². The first kappa shape index (κ1) is 19.9. The number of fused-ring (bicyclic) bond motifs is 1. The number of amides is 1. The van der Waals surface area contributed by atoms with Crippen LogP contribution < -0.4 is 15.4 Å². The Labute approximate surface area is 180 Å². The average molecular weight is 436 g/mol. The summed E-state index contributed by atoms with van der Waals surface area (Å²) in [6.45, 7) is 1.75. The number of hydrogen-bond donors (Lipinski definition) is 3. The first-order chi connectivity index (χ1) is 14.9. The van der Waals surface area contributed by atoms with Gasteiger partial charge in [0, 0.05) is 17.3 Å². The lowest BCUT2D eigenvalue weighted by molar-refractivity contribution is 0.209. The van der Waals surface area contributed by atoms with Crippen molar-refractivity contribution in [3.8, 4) is 17.7 Å². The number of anilines is 3. The highest BCUT2D eigenvalue weighted by Crippen LogP contribution is 2.33. The number of nitrogens with one attached hydrogen (secondary N) is 2. The molecule has 154 valence electrons. The fourth-order valence-electron chi connectivity index (χ4n) is 2.97. The molecule has 0 radical (unpaired) electrons. The minimum atomic E-state index is -1.19. The molecule has 0 aliphatic heterocycles. The smallest absolute Gasteiger partial charge is 0.409 e. The van der Waals surface area contributed by atoms with Gasteiger partial charge in [0.25, 0.3) is 0 Å². The number of nitrogens with zero attached hydrogens (tertiary/aromatic N) is 5. The molecule has 0 fully saturated rings. The fraction of sp³-hybridized carbons (Fsp3) is 0.0500. The van der Waals surface area contributed by atoms with Gasteiger partial charge in [-0.1, -0.05) is 11.6 Å². The normalized spacial score (nSPS) is 10.5. The molecule has 0 aliphatic carbocycles. The van der Waals surface area contributed by atoms with Crippen LogP contribution in [0.2, 0.25) is 5.15 Å². The van der Waals surface area contributed by atoms with Crippen molar-refractivity contribution in [2.75, 3.05) is 10.6 Å². The topological polar surface area (TPSA) is 137 Å². The van der Waals surface area contributed by atoms with Gasteiger partial charge in [-0.3, -0.25) is 5.32 Å². The molecule has 11 heteroatoms. The molecule has 10 nitrogen and oxygen atoms in total. The second kappa shape index (κ2) is 8.17. The zero-order chi connectivity index (χ0) is 22.0. The zero-order valence-electron chi connectivity index (χ0n) is 16.0. The summed E-state index contributed by atoms with van der Waals surface area (Å²) in [6.07, 6.45) is 1.78. The summed E-state index contributed by atoms with van der Waals surface area (Å²) in [7, 11) is 0. The van der Waals surface area contributed by atoms with Crippen LogP contribution in [-0.4, -0.2) is 31.0 Å². The van der Waals surface area contributed by atoms with Crippen LogP contribution >= 0.6 is 11.6 Å². The monoisotopic (exact) mass is 435 g/mol. The van der Waals surface area contributed by atoms with Crippen molar-refractivity contribution in [3.05, 3.63) is 65.1 Å². The van der Waals surface area contributed by atoms with Crippen molar-refractivity contribution in [1.29, 1.82) is 5.26 Å². The van der Waals surface area contributed by atoms with Gasteiger partial charge in [-0.05, 0) is 37.3 Å². The summed E-state index contributed by atoms with van der Waals surface area (Å²) in [4.78, 5) is 11.0.